The van der Waals surface area contributed by atoms with Crippen molar-refractivity contribution < 1.29 is 9.53 Å². The number of hydrogen-bond donors (Lipinski definition) is 1. The molecule has 0 unspecified atom stereocenters. The number of carbonyl (C=O) groups excluding carboxylic acids is 1. The highest BCUT2D eigenvalue weighted by Gasteiger charge is 2.39. The molecule has 1 rings (SSSR count). The van der Waals surface area contributed by atoms with Gasteiger partial charge in [0.25, 0.3) is 0 Å². The van der Waals surface area contributed by atoms with Crippen LogP contribution in [0.5, 0.6) is 0 Å². The molecule has 98 valence electrons. The van der Waals surface area contributed by atoms with Gasteiger partial charge in [-0.15, -0.1) is 0 Å². The van der Waals surface area contributed by atoms with E-state index in [-0.39, 0.29) is 23.2 Å². The zero-order chi connectivity index (χ0) is 13.3. The van der Waals surface area contributed by atoms with Crippen molar-refractivity contribution in [1.82, 2.24) is 5.32 Å². The second-order valence-corrected chi connectivity index (χ2v) is 6.30. The molecule has 1 N–H and O–H groups in total. The zero-order valence-corrected chi connectivity index (χ0v) is 11.9. The lowest BCUT2D eigenvalue weighted by Crippen LogP contribution is -2.59. The Morgan fingerprint density at radius 2 is 1.71 bits per heavy atom. The van der Waals surface area contributed by atoms with Gasteiger partial charge in [0.05, 0.1) is 0 Å². The van der Waals surface area contributed by atoms with Crippen LogP contribution in [0.2, 0.25) is 0 Å². The van der Waals surface area contributed by atoms with Gasteiger partial charge in [0, 0.05) is 29.5 Å². The number of nitrogens with one attached hydrogen (secondary N) is 1. The van der Waals surface area contributed by atoms with Crippen LogP contribution in [0.15, 0.2) is 11.6 Å². The van der Waals surface area contributed by atoms with Gasteiger partial charge < -0.3 is 10.1 Å². The van der Waals surface area contributed by atoms with Gasteiger partial charge in [-0.25, -0.2) is 4.79 Å². The van der Waals surface area contributed by atoms with E-state index in [0.717, 1.165) is 12.8 Å². The first-order chi connectivity index (χ1) is 7.65. The van der Waals surface area contributed by atoms with Crippen LogP contribution < -0.4 is 5.32 Å². The Kier molecular flexibility index (Phi) is 4.03. The van der Waals surface area contributed by atoms with Crippen molar-refractivity contribution in [2.24, 2.45) is 0 Å². The molecule has 0 atom stereocenters. The summed E-state index contributed by atoms with van der Waals surface area (Å²) in [6, 6.07) is 0. The summed E-state index contributed by atoms with van der Waals surface area (Å²) in [5.41, 5.74) is 0.701. The number of allylic oxidation sites excluding steroid dienone is 1. The summed E-state index contributed by atoms with van der Waals surface area (Å²) in [7, 11) is 0. The lowest BCUT2D eigenvalue weighted by molar-refractivity contribution is -0.148. The summed E-state index contributed by atoms with van der Waals surface area (Å²) >= 11 is 0. The molecule has 0 aliphatic carbocycles. The average molecular weight is 239 g/mol. The van der Waals surface area contributed by atoms with Crippen molar-refractivity contribution in [2.45, 2.75) is 71.6 Å². The minimum Gasteiger partial charge on any atom is -0.459 e. The molecule has 0 aromatic rings. The molecule has 0 bridgehead atoms. The van der Waals surface area contributed by atoms with Gasteiger partial charge in [0.15, 0.2) is 0 Å². The van der Waals surface area contributed by atoms with E-state index in [0.29, 0.717) is 5.57 Å². The summed E-state index contributed by atoms with van der Waals surface area (Å²) in [6.45, 7) is 12.2. The van der Waals surface area contributed by atoms with Gasteiger partial charge in [0.1, 0.15) is 6.10 Å². The van der Waals surface area contributed by atoms with E-state index in [4.69, 9.17) is 4.74 Å². The molecule has 0 radical (unpaired) electrons. The van der Waals surface area contributed by atoms with E-state index >= 15 is 0 Å². The van der Waals surface area contributed by atoms with Crippen LogP contribution in [0.3, 0.4) is 0 Å². The fourth-order valence-corrected chi connectivity index (χ4v) is 2.67. The molecule has 3 nitrogen and oxygen atoms in total. The Labute approximate surface area is 105 Å². The summed E-state index contributed by atoms with van der Waals surface area (Å²) in [4.78, 5) is 11.8. The van der Waals surface area contributed by atoms with E-state index in [1.807, 2.05) is 6.92 Å². The number of hydrogen-bond acceptors (Lipinski definition) is 3. The molecule has 17 heavy (non-hydrogen) atoms. The lowest BCUT2D eigenvalue weighted by Gasteiger charge is -2.45. The van der Waals surface area contributed by atoms with Crippen molar-refractivity contribution in [3.05, 3.63) is 11.6 Å². The van der Waals surface area contributed by atoms with Gasteiger partial charge in [-0.2, -0.15) is 0 Å². The van der Waals surface area contributed by atoms with Crippen molar-refractivity contribution in [1.29, 1.82) is 0 Å². The molecule has 1 aliphatic rings. The molecule has 0 amide bonds. The van der Waals surface area contributed by atoms with Crippen LogP contribution in [0.4, 0.5) is 0 Å². The lowest BCUT2D eigenvalue weighted by atomic mass is 9.81. The van der Waals surface area contributed by atoms with Crippen molar-refractivity contribution in [3.8, 4) is 0 Å². The molecule has 1 fully saturated rings. The summed E-state index contributed by atoms with van der Waals surface area (Å²) in [5.74, 6) is -0.189. The molecule has 0 aromatic heterocycles. The largest absolute Gasteiger partial charge is 0.459 e. The molecule has 0 spiro atoms. The number of rotatable bonds is 2. The van der Waals surface area contributed by atoms with Gasteiger partial charge in [-0.05, 0) is 41.5 Å². The van der Waals surface area contributed by atoms with Crippen molar-refractivity contribution >= 4 is 5.97 Å². The summed E-state index contributed by atoms with van der Waals surface area (Å²) < 4.78 is 5.57. The maximum atomic E-state index is 11.8. The first-order valence-corrected chi connectivity index (χ1v) is 6.28. The van der Waals surface area contributed by atoms with E-state index in [2.05, 4.69) is 33.0 Å². The van der Waals surface area contributed by atoms with Crippen LogP contribution in [-0.2, 0) is 9.53 Å². The van der Waals surface area contributed by atoms with Crippen LogP contribution in [0.1, 0.15) is 54.4 Å². The van der Waals surface area contributed by atoms with Crippen LogP contribution >= 0.6 is 0 Å². The van der Waals surface area contributed by atoms with Crippen molar-refractivity contribution in [3.63, 3.8) is 0 Å². The summed E-state index contributed by atoms with van der Waals surface area (Å²) in [6.07, 6.45) is 3.52. The maximum absolute atomic E-state index is 11.8. The smallest absolute Gasteiger partial charge is 0.333 e. The normalized spacial score (nSPS) is 24.5. The van der Waals surface area contributed by atoms with E-state index < -0.39 is 0 Å². The summed E-state index contributed by atoms with van der Waals surface area (Å²) in [5, 5.41) is 3.57. The molecule has 1 aliphatic heterocycles. The Morgan fingerprint density at radius 3 is 2.12 bits per heavy atom. The number of piperidine rings is 1. The number of esters is 1. The molecule has 0 saturated carbocycles. The fourth-order valence-electron chi connectivity index (χ4n) is 2.67. The Balaban J connectivity index is 2.69. The van der Waals surface area contributed by atoms with Crippen molar-refractivity contribution in [2.75, 3.05) is 0 Å². The van der Waals surface area contributed by atoms with Gasteiger partial charge in [0.2, 0.25) is 0 Å². The number of carbonyl (C=O) groups is 1. The average Bonchev–Trinajstić information content (AvgIpc) is 2.11. The van der Waals surface area contributed by atoms with Crippen LogP contribution in [0, 0.1) is 0 Å². The highest BCUT2D eigenvalue weighted by molar-refractivity contribution is 5.87. The van der Waals surface area contributed by atoms with Gasteiger partial charge >= 0.3 is 5.97 Å². The Hall–Kier alpha value is -0.830. The molecule has 1 saturated heterocycles. The minimum atomic E-state index is -0.189. The molecule has 1 heterocycles. The molecular formula is C14H25NO2. The van der Waals surface area contributed by atoms with E-state index in [1.165, 1.54) is 0 Å². The highest BCUT2D eigenvalue weighted by Crippen LogP contribution is 2.30. The third-order valence-corrected chi connectivity index (χ3v) is 3.18. The predicted molar refractivity (Wildman–Crippen MR) is 69.8 cm³/mol. The highest BCUT2D eigenvalue weighted by atomic mass is 16.5. The van der Waals surface area contributed by atoms with E-state index in [9.17, 15) is 4.79 Å². The van der Waals surface area contributed by atoms with Crippen LogP contribution in [0.25, 0.3) is 0 Å². The second-order valence-electron chi connectivity index (χ2n) is 6.30. The Bertz CT molecular complexity index is 313. The molecular weight excluding hydrogens is 214 g/mol. The monoisotopic (exact) mass is 239 g/mol. The number of ether oxygens (including phenoxy) is 1. The second kappa shape index (κ2) is 4.81. The predicted octanol–water partition coefficient (Wildman–Crippen LogP) is 2.81. The quantitative estimate of drug-likeness (QED) is 0.595. The minimum absolute atomic E-state index is 0.00338. The Morgan fingerprint density at radius 1 is 1.24 bits per heavy atom. The van der Waals surface area contributed by atoms with Gasteiger partial charge in [-0.3, -0.25) is 0 Å². The third kappa shape index (κ3) is 4.15. The maximum Gasteiger partial charge on any atom is 0.333 e. The van der Waals surface area contributed by atoms with Gasteiger partial charge in [-0.1, -0.05) is 6.08 Å². The molecule has 3 heteroatoms. The van der Waals surface area contributed by atoms with Crippen LogP contribution in [-0.4, -0.2) is 23.2 Å². The fraction of sp³-hybridized carbons (Fsp3) is 0.786. The third-order valence-electron chi connectivity index (χ3n) is 3.18. The standard InChI is InChI=1S/C14H25NO2/c1-7-10(2)12(16)17-11-8-13(3,4)15-14(5,6)9-11/h7,11,15H,8-9H2,1-6H3. The first kappa shape index (κ1) is 14.2. The zero-order valence-electron chi connectivity index (χ0n) is 11.9. The SMILES string of the molecule is CC=C(C)C(=O)OC1CC(C)(C)NC(C)(C)C1. The molecule has 0 aromatic carbocycles. The topological polar surface area (TPSA) is 38.3 Å². The first-order valence-electron chi connectivity index (χ1n) is 6.28. The van der Waals surface area contributed by atoms with E-state index in [1.54, 1.807) is 13.0 Å².